The number of carbonyl (C=O) groups is 1. The zero-order valence-electron chi connectivity index (χ0n) is 17.0. The molecule has 4 N–H and O–H groups in total. The summed E-state index contributed by atoms with van der Waals surface area (Å²) in [4.78, 5) is 38.2. The average Bonchev–Trinajstić information content (AvgIpc) is 2.76. The Labute approximate surface area is 191 Å². The van der Waals surface area contributed by atoms with E-state index in [2.05, 4.69) is 20.6 Å². The van der Waals surface area contributed by atoms with E-state index in [9.17, 15) is 18.1 Å². The van der Waals surface area contributed by atoms with Gasteiger partial charge in [0.15, 0.2) is 0 Å². The Morgan fingerprint density at radius 1 is 1.24 bits per heavy atom. The van der Waals surface area contributed by atoms with Crippen LogP contribution in [0.1, 0.15) is 0 Å². The number of methoxy groups -OCH3 is 1. The van der Waals surface area contributed by atoms with Gasteiger partial charge in [0.2, 0.25) is 0 Å². The van der Waals surface area contributed by atoms with Crippen LogP contribution in [0.25, 0.3) is 10.9 Å². The van der Waals surface area contributed by atoms with Gasteiger partial charge in [-0.05, 0) is 24.3 Å². The molecule has 0 aliphatic carbocycles. The van der Waals surface area contributed by atoms with Crippen LogP contribution in [-0.4, -0.2) is 51.9 Å². The predicted molar refractivity (Wildman–Crippen MR) is 117 cm³/mol. The fourth-order valence-corrected chi connectivity index (χ4v) is 3.24. The summed E-state index contributed by atoms with van der Waals surface area (Å²) in [5, 5.41) is 5.27. The molecule has 0 aliphatic rings. The molecule has 1 unspecified atom stereocenters. The van der Waals surface area contributed by atoms with Crippen molar-refractivity contribution in [3.8, 4) is 5.75 Å². The topological polar surface area (TPSA) is 143 Å². The quantitative estimate of drug-likeness (QED) is 0.255. The van der Waals surface area contributed by atoms with Gasteiger partial charge in [0.05, 0.1) is 22.8 Å². The van der Waals surface area contributed by atoms with Crippen molar-refractivity contribution < 1.29 is 37.4 Å². The second-order valence-corrected chi connectivity index (χ2v) is 8.64. The Hall–Kier alpha value is -2.89. The first-order chi connectivity index (χ1) is 15.6. The van der Waals surface area contributed by atoms with E-state index >= 15 is 0 Å². The Morgan fingerprint density at radius 2 is 2.00 bits per heavy atom. The van der Waals surface area contributed by atoms with Gasteiger partial charge in [0.1, 0.15) is 30.3 Å². The molecule has 0 aliphatic heterocycles. The lowest BCUT2D eigenvalue weighted by Crippen LogP contribution is -2.24. The molecule has 1 amide bonds. The molecule has 0 saturated heterocycles. The van der Waals surface area contributed by atoms with Crippen LogP contribution in [0.15, 0.2) is 36.7 Å². The second kappa shape index (κ2) is 10.4. The summed E-state index contributed by atoms with van der Waals surface area (Å²) in [7, 11) is -3.87. The van der Waals surface area contributed by atoms with E-state index in [-0.39, 0.29) is 35.5 Å². The number of alkyl halides is 1. The van der Waals surface area contributed by atoms with Gasteiger partial charge in [-0.2, -0.15) is 0 Å². The molecule has 0 bridgehead atoms. The number of hydrogen-bond donors (Lipinski definition) is 4. The number of rotatable bonds is 9. The van der Waals surface area contributed by atoms with Gasteiger partial charge in [-0.15, -0.1) is 0 Å². The molecule has 1 atom stereocenters. The van der Waals surface area contributed by atoms with Crippen molar-refractivity contribution in [2.45, 2.75) is 5.91 Å². The number of nitrogens with zero attached hydrogens (tertiary/aromatic N) is 2. The highest BCUT2D eigenvalue weighted by Gasteiger charge is 2.36. The first kappa shape index (κ1) is 24.7. The van der Waals surface area contributed by atoms with Gasteiger partial charge in [-0.3, -0.25) is 9.36 Å². The SMILES string of the molecule is COCCOc1cc2ncnc(Nc3ccc(F)c(Cl)c3)c2cc1NC(=O)C(F)P(=O)(O)O. The van der Waals surface area contributed by atoms with Gasteiger partial charge < -0.3 is 29.9 Å². The summed E-state index contributed by atoms with van der Waals surface area (Å²) in [6, 6.07) is 6.69. The predicted octanol–water partition coefficient (Wildman–Crippen LogP) is 3.60. The molecule has 1 aromatic heterocycles. The molecule has 2 aromatic carbocycles. The first-order valence-electron chi connectivity index (χ1n) is 9.23. The third-order valence-corrected chi connectivity index (χ3v) is 5.35. The number of ether oxygens (including phenoxy) is 2. The van der Waals surface area contributed by atoms with E-state index in [4.69, 9.17) is 30.9 Å². The lowest BCUT2D eigenvalue weighted by atomic mass is 10.1. The van der Waals surface area contributed by atoms with E-state index < -0.39 is 25.2 Å². The van der Waals surface area contributed by atoms with Crippen LogP contribution in [0.3, 0.4) is 0 Å². The molecule has 10 nitrogen and oxygen atoms in total. The first-order valence-corrected chi connectivity index (χ1v) is 11.3. The summed E-state index contributed by atoms with van der Waals surface area (Å²) in [6.45, 7) is 0.258. The van der Waals surface area contributed by atoms with Crippen LogP contribution in [0, 0.1) is 5.82 Å². The van der Waals surface area contributed by atoms with Crippen LogP contribution in [0.5, 0.6) is 5.75 Å². The fourth-order valence-electron chi connectivity index (χ4n) is 2.69. The summed E-state index contributed by atoms with van der Waals surface area (Å²) >= 11 is 5.81. The summed E-state index contributed by atoms with van der Waals surface area (Å²) in [5.74, 6) is -4.96. The third kappa shape index (κ3) is 6.12. The Bertz CT molecular complexity index is 1230. The third-order valence-electron chi connectivity index (χ3n) is 4.23. The molecule has 14 heteroatoms. The molecule has 0 spiro atoms. The molecule has 0 radical (unpaired) electrons. The van der Waals surface area contributed by atoms with Crippen molar-refractivity contribution in [1.82, 2.24) is 9.97 Å². The summed E-state index contributed by atoms with van der Waals surface area (Å²) in [6.07, 6.45) is 1.25. The molecule has 33 heavy (non-hydrogen) atoms. The summed E-state index contributed by atoms with van der Waals surface area (Å²) in [5.41, 5.74) is 0.672. The molecule has 0 saturated carbocycles. The fraction of sp³-hybridized carbons (Fsp3) is 0.211. The molecule has 176 valence electrons. The maximum Gasteiger partial charge on any atom is 0.369 e. The Balaban J connectivity index is 2.03. The standard InChI is InChI=1S/C19H18ClF2N4O6P/c1-31-4-5-32-16-8-14-11(7-15(16)26-19(27)17(22)33(28,29)30)18(24-9-23-14)25-10-2-3-13(21)12(20)6-10/h2-3,6-9,17H,4-5H2,1H3,(H,26,27)(H,23,24,25)(H2,28,29,30). The van der Waals surface area contributed by atoms with Crippen molar-refractivity contribution in [3.05, 3.63) is 47.5 Å². The van der Waals surface area contributed by atoms with Crippen molar-refractivity contribution in [1.29, 1.82) is 0 Å². The van der Waals surface area contributed by atoms with E-state index in [1.54, 1.807) is 0 Å². The molecule has 1 heterocycles. The van der Waals surface area contributed by atoms with Crippen molar-refractivity contribution in [3.63, 3.8) is 0 Å². The minimum atomic E-state index is -5.32. The number of amides is 1. The molecule has 0 fully saturated rings. The number of halogens is 3. The minimum absolute atomic E-state index is 0.0558. The summed E-state index contributed by atoms with van der Waals surface area (Å²) < 4.78 is 48.9. The Kier molecular flexibility index (Phi) is 7.77. The van der Waals surface area contributed by atoms with Crippen molar-refractivity contribution in [2.24, 2.45) is 0 Å². The molecule has 3 aromatic rings. The highest BCUT2D eigenvalue weighted by molar-refractivity contribution is 7.53. The van der Waals surface area contributed by atoms with Crippen LogP contribution in [0.2, 0.25) is 5.02 Å². The van der Waals surface area contributed by atoms with E-state index in [0.29, 0.717) is 16.6 Å². The van der Waals surface area contributed by atoms with E-state index in [0.717, 1.165) is 6.07 Å². The van der Waals surface area contributed by atoms with Crippen molar-refractivity contribution >= 4 is 53.2 Å². The molecule has 3 rings (SSSR count). The molecular weight excluding hydrogens is 485 g/mol. The zero-order chi connectivity index (χ0) is 24.2. The number of aromatic nitrogens is 2. The smallest absolute Gasteiger partial charge is 0.369 e. The largest absolute Gasteiger partial charge is 0.489 e. The number of anilines is 3. The van der Waals surface area contributed by atoms with E-state index in [1.807, 2.05) is 0 Å². The van der Waals surface area contributed by atoms with Gasteiger partial charge in [-0.1, -0.05) is 11.6 Å². The number of nitrogens with one attached hydrogen (secondary N) is 2. The van der Waals surface area contributed by atoms with Crippen LogP contribution in [0.4, 0.5) is 26.0 Å². The van der Waals surface area contributed by atoms with Crippen molar-refractivity contribution in [2.75, 3.05) is 31.0 Å². The minimum Gasteiger partial charge on any atom is -0.489 e. The normalized spacial score (nSPS) is 12.4. The average molecular weight is 503 g/mol. The number of carbonyl (C=O) groups excluding carboxylic acids is 1. The van der Waals surface area contributed by atoms with Gasteiger partial charge in [-0.25, -0.2) is 18.7 Å². The number of benzene rings is 2. The number of hydrogen-bond acceptors (Lipinski definition) is 7. The Morgan fingerprint density at radius 3 is 2.67 bits per heavy atom. The highest BCUT2D eigenvalue weighted by atomic mass is 35.5. The monoisotopic (exact) mass is 502 g/mol. The maximum atomic E-state index is 13.9. The zero-order valence-corrected chi connectivity index (χ0v) is 18.6. The number of fused-ring (bicyclic) bond motifs is 1. The van der Waals surface area contributed by atoms with Crippen LogP contribution in [-0.2, 0) is 14.1 Å². The van der Waals surface area contributed by atoms with Gasteiger partial charge in [0.25, 0.3) is 11.8 Å². The highest BCUT2D eigenvalue weighted by Crippen LogP contribution is 2.43. The van der Waals surface area contributed by atoms with Gasteiger partial charge in [0, 0.05) is 24.2 Å². The lowest BCUT2D eigenvalue weighted by molar-refractivity contribution is -0.118. The lowest BCUT2D eigenvalue weighted by Gasteiger charge is -2.16. The van der Waals surface area contributed by atoms with Crippen LogP contribution >= 0.6 is 19.2 Å². The van der Waals surface area contributed by atoms with E-state index in [1.165, 1.54) is 37.7 Å². The maximum absolute atomic E-state index is 13.9. The van der Waals surface area contributed by atoms with Crippen LogP contribution < -0.4 is 15.4 Å². The molecular formula is C19H18ClF2N4O6P. The van der Waals surface area contributed by atoms with Gasteiger partial charge >= 0.3 is 7.60 Å². The second-order valence-electron chi connectivity index (χ2n) is 6.60.